The number of sulfone groups is 1. The Morgan fingerprint density at radius 1 is 1.16 bits per heavy atom. The molecule has 7 nitrogen and oxygen atoms in total. The Kier molecular flexibility index (Phi) is 5.62. The predicted molar refractivity (Wildman–Crippen MR) is 109 cm³/mol. The molecule has 2 heterocycles. The normalized spacial score (nSPS) is 22.4. The summed E-state index contributed by atoms with van der Waals surface area (Å²) in [6, 6.07) is 5.61. The smallest absolute Gasteiger partial charge is 0.396 e. The van der Waals surface area contributed by atoms with Crippen molar-refractivity contribution in [1.82, 2.24) is 4.90 Å². The highest BCUT2D eigenvalue weighted by Gasteiger charge is 2.62. The van der Waals surface area contributed by atoms with Crippen molar-refractivity contribution in [2.45, 2.75) is 28.5 Å². The molecule has 0 radical (unpaired) electrons. The van der Waals surface area contributed by atoms with E-state index in [2.05, 4.69) is 4.74 Å². The van der Waals surface area contributed by atoms with Crippen LogP contribution in [0.15, 0.2) is 41.3 Å². The van der Waals surface area contributed by atoms with Gasteiger partial charge in [0.15, 0.2) is 21.4 Å². The number of piperidine rings is 1. The lowest BCUT2D eigenvalue weighted by Crippen LogP contribution is -2.65. The maximum Gasteiger partial charge on any atom is 0.396 e. The van der Waals surface area contributed by atoms with Gasteiger partial charge in [-0.2, -0.15) is 0 Å². The molecule has 0 N–H and O–H groups in total. The number of carbonyl (C=O) groups is 2. The second-order valence-corrected chi connectivity index (χ2v) is 10.1. The number of esters is 1. The van der Waals surface area contributed by atoms with Gasteiger partial charge in [0, 0.05) is 11.6 Å². The summed E-state index contributed by atoms with van der Waals surface area (Å²) in [4.78, 5) is 25.5. The van der Waals surface area contributed by atoms with E-state index in [-0.39, 0.29) is 29.3 Å². The lowest BCUT2D eigenvalue weighted by molar-refractivity contribution is -0.161. The average molecular weight is 486 g/mol. The number of carbonyl (C=O) groups excluding carboxylic acids is 2. The minimum atomic E-state index is -4.44. The summed E-state index contributed by atoms with van der Waals surface area (Å²) < 4.78 is 65.7. The molecule has 1 fully saturated rings. The number of likely N-dealkylation sites (tertiary alicyclic amines) is 1. The highest BCUT2D eigenvalue weighted by atomic mass is 35.5. The Labute approximate surface area is 187 Å². The van der Waals surface area contributed by atoms with Gasteiger partial charge in [-0.15, -0.1) is 0 Å². The van der Waals surface area contributed by atoms with E-state index in [1.54, 1.807) is 0 Å². The number of methoxy groups -OCH3 is 1. The summed E-state index contributed by atoms with van der Waals surface area (Å²) in [6.45, 7) is -0.435. The van der Waals surface area contributed by atoms with Gasteiger partial charge in [-0.3, -0.25) is 4.79 Å². The third-order valence-corrected chi connectivity index (χ3v) is 8.74. The lowest BCUT2D eigenvalue weighted by Gasteiger charge is -2.51. The van der Waals surface area contributed by atoms with E-state index in [9.17, 15) is 22.4 Å². The Bertz CT molecular complexity index is 1200. The Morgan fingerprint density at radius 2 is 1.81 bits per heavy atom. The van der Waals surface area contributed by atoms with E-state index in [0.29, 0.717) is 0 Å². The number of fused-ring (bicyclic) bond motifs is 3. The van der Waals surface area contributed by atoms with E-state index in [4.69, 9.17) is 16.3 Å². The largest absolute Gasteiger partial charge is 0.488 e. The fourth-order valence-corrected chi connectivity index (χ4v) is 7.02. The third kappa shape index (κ3) is 3.15. The zero-order chi connectivity index (χ0) is 23.3. The number of hydrogen-bond donors (Lipinski definition) is 0. The van der Waals surface area contributed by atoms with Crippen LogP contribution in [0, 0.1) is 11.6 Å². The van der Waals surface area contributed by atoms with Crippen LogP contribution in [0.2, 0.25) is 5.02 Å². The van der Waals surface area contributed by atoms with Crippen molar-refractivity contribution in [2.24, 2.45) is 0 Å². The van der Waals surface area contributed by atoms with E-state index < -0.39 is 62.1 Å². The topological polar surface area (TPSA) is 90.0 Å². The molecule has 2 atom stereocenters. The third-order valence-electron chi connectivity index (χ3n) is 5.95. The van der Waals surface area contributed by atoms with Crippen molar-refractivity contribution in [3.8, 4) is 5.75 Å². The second kappa shape index (κ2) is 8.00. The molecule has 2 aliphatic rings. The minimum Gasteiger partial charge on any atom is -0.488 e. The molecule has 11 heteroatoms. The van der Waals surface area contributed by atoms with Crippen molar-refractivity contribution in [2.75, 3.05) is 20.3 Å². The molecule has 32 heavy (non-hydrogen) atoms. The maximum absolute atomic E-state index is 15.2. The van der Waals surface area contributed by atoms with Crippen LogP contribution in [0.25, 0.3) is 0 Å². The molecule has 2 aromatic carbocycles. The van der Waals surface area contributed by atoms with E-state index >= 15 is 4.39 Å². The van der Waals surface area contributed by atoms with Gasteiger partial charge in [0.1, 0.15) is 17.2 Å². The Balaban J connectivity index is 2.01. The zero-order valence-corrected chi connectivity index (χ0v) is 18.4. The first-order valence-corrected chi connectivity index (χ1v) is 11.5. The summed E-state index contributed by atoms with van der Waals surface area (Å²) in [7, 11) is -3.43. The summed E-state index contributed by atoms with van der Waals surface area (Å²) in [5.41, 5.74) is -0.494. The summed E-state index contributed by atoms with van der Waals surface area (Å²) in [5, 5.41) is 0.286. The van der Waals surface area contributed by atoms with Crippen LogP contribution in [-0.4, -0.2) is 51.5 Å². The molecule has 0 spiro atoms. The standard InChI is InChI=1S/C21H18ClF2NO6S/c1-30-20(27)19(26)25-10-2-9-21(32(28,29)13-5-3-12(22)4-6-13)16(25)11-31-18-15(24)8-7-14(23)17(18)21/h3-8,16H,2,9-11H2,1H3/t16-,21+/m0/s1. The molecule has 0 saturated carbocycles. The molecule has 2 aromatic rings. The van der Waals surface area contributed by atoms with Crippen molar-refractivity contribution in [3.63, 3.8) is 0 Å². The van der Waals surface area contributed by atoms with Crippen LogP contribution in [0.4, 0.5) is 8.78 Å². The molecule has 1 amide bonds. The first-order chi connectivity index (χ1) is 15.1. The maximum atomic E-state index is 15.2. The molecule has 2 aliphatic heterocycles. The van der Waals surface area contributed by atoms with Crippen molar-refractivity contribution in [3.05, 3.63) is 58.6 Å². The molecule has 0 unspecified atom stereocenters. The summed E-state index contributed by atoms with van der Waals surface area (Å²) in [6.07, 6.45) is -0.00817. The van der Waals surface area contributed by atoms with Gasteiger partial charge in [-0.1, -0.05) is 11.6 Å². The second-order valence-electron chi connectivity index (χ2n) is 7.50. The Hall–Kier alpha value is -2.72. The van der Waals surface area contributed by atoms with Crippen LogP contribution in [0.3, 0.4) is 0 Å². The lowest BCUT2D eigenvalue weighted by atomic mass is 9.80. The van der Waals surface area contributed by atoms with Gasteiger partial charge in [0.2, 0.25) is 0 Å². The molecular weight excluding hydrogens is 468 g/mol. The van der Waals surface area contributed by atoms with Crippen molar-refractivity contribution >= 4 is 33.3 Å². The SMILES string of the molecule is COC(=O)C(=O)N1CCC[C@]2(S(=O)(=O)c3ccc(Cl)cc3)c3c(F)ccc(F)c3OC[C@H]12. The fraction of sp³-hybridized carbons (Fsp3) is 0.333. The van der Waals surface area contributed by atoms with Gasteiger partial charge in [0.25, 0.3) is 0 Å². The highest BCUT2D eigenvalue weighted by molar-refractivity contribution is 7.92. The quantitative estimate of drug-likeness (QED) is 0.480. The van der Waals surface area contributed by atoms with E-state index in [0.717, 1.165) is 24.1 Å². The van der Waals surface area contributed by atoms with Crippen LogP contribution >= 0.6 is 11.6 Å². The summed E-state index contributed by atoms with van der Waals surface area (Å²) >= 11 is 5.90. The first kappa shape index (κ1) is 22.5. The summed E-state index contributed by atoms with van der Waals surface area (Å²) in [5.74, 6) is -4.73. The predicted octanol–water partition coefficient (Wildman–Crippen LogP) is 2.84. The molecule has 0 bridgehead atoms. The number of hydrogen-bond acceptors (Lipinski definition) is 6. The minimum absolute atomic E-state index is 0.0200. The van der Waals surface area contributed by atoms with Gasteiger partial charge < -0.3 is 14.4 Å². The molecule has 0 aromatic heterocycles. The van der Waals surface area contributed by atoms with Crippen LogP contribution in [-0.2, 0) is 28.9 Å². The number of rotatable bonds is 2. The molecule has 1 saturated heterocycles. The molecule has 4 rings (SSSR count). The van der Waals surface area contributed by atoms with Gasteiger partial charge in [0.05, 0.1) is 23.6 Å². The average Bonchev–Trinajstić information content (AvgIpc) is 2.79. The number of halogens is 3. The van der Waals surface area contributed by atoms with Crippen molar-refractivity contribution < 1.29 is 36.3 Å². The van der Waals surface area contributed by atoms with Crippen LogP contribution < -0.4 is 4.74 Å². The van der Waals surface area contributed by atoms with Crippen LogP contribution in [0.1, 0.15) is 18.4 Å². The fourth-order valence-electron chi connectivity index (χ4n) is 4.55. The van der Waals surface area contributed by atoms with Gasteiger partial charge in [-0.05, 0) is 49.2 Å². The molecule has 170 valence electrons. The zero-order valence-electron chi connectivity index (χ0n) is 16.8. The van der Waals surface area contributed by atoms with E-state index in [1.807, 2.05) is 0 Å². The molecular formula is C21H18ClF2NO6S. The molecule has 0 aliphatic carbocycles. The number of benzene rings is 2. The van der Waals surface area contributed by atoms with Gasteiger partial charge >= 0.3 is 11.9 Å². The number of ether oxygens (including phenoxy) is 2. The monoisotopic (exact) mass is 485 g/mol. The number of nitrogens with zero attached hydrogens (tertiary/aromatic N) is 1. The van der Waals surface area contributed by atoms with Gasteiger partial charge in [-0.25, -0.2) is 22.0 Å². The highest BCUT2D eigenvalue weighted by Crippen LogP contribution is 2.53. The van der Waals surface area contributed by atoms with Crippen LogP contribution in [0.5, 0.6) is 5.75 Å². The van der Waals surface area contributed by atoms with E-state index in [1.165, 1.54) is 24.3 Å². The number of amides is 1. The Morgan fingerprint density at radius 3 is 2.47 bits per heavy atom. The van der Waals surface area contributed by atoms with Crippen molar-refractivity contribution in [1.29, 1.82) is 0 Å². The first-order valence-electron chi connectivity index (χ1n) is 9.65.